The number of para-hydroxylation sites is 1. The van der Waals surface area contributed by atoms with Crippen molar-refractivity contribution in [2.45, 2.75) is 0 Å². The minimum absolute atomic E-state index is 0.219. The van der Waals surface area contributed by atoms with E-state index < -0.39 is 23.7 Å². The number of benzene rings is 2. The largest absolute Gasteiger partial charge is 0.481 e. The molecule has 8 heteroatoms. The summed E-state index contributed by atoms with van der Waals surface area (Å²) in [5.41, 5.74) is 0.936. The molecule has 26 heavy (non-hydrogen) atoms. The van der Waals surface area contributed by atoms with Crippen molar-refractivity contribution >= 4 is 52.2 Å². The second-order valence-corrected chi connectivity index (χ2v) is 6.64. The molecule has 0 radical (unpaired) electrons. The van der Waals surface area contributed by atoms with Crippen molar-refractivity contribution in [1.29, 1.82) is 0 Å². The number of hydrogen-bond acceptors (Lipinski definition) is 5. The number of ether oxygens (including phenoxy) is 1. The molecule has 1 saturated heterocycles. The van der Waals surface area contributed by atoms with Crippen LogP contribution in [0.1, 0.15) is 5.56 Å². The highest BCUT2D eigenvalue weighted by molar-refractivity contribution is 8.19. The average Bonchev–Trinajstić information content (AvgIpc) is 2.89. The number of halogens is 1. The van der Waals surface area contributed by atoms with Crippen molar-refractivity contribution in [3.63, 3.8) is 0 Å². The van der Waals surface area contributed by atoms with E-state index in [1.165, 1.54) is 6.08 Å². The summed E-state index contributed by atoms with van der Waals surface area (Å²) in [6.07, 6.45) is 1.51. The standard InChI is InChI=1S/C18H12ClNO5S/c19-12-5-7-13(8-6-12)20-17(23)15(26-18(20)24)9-11-3-1-2-4-14(11)25-10-16(21)22/h1-9H,10H2,(H,21,22)/b15-9-. The van der Waals surface area contributed by atoms with Gasteiger partial charge >= 0.3 is 5.97 Å². The predicted octanol–water partition coefficient (Wildman–Crippen LogP) is 4.04. The van der Waals surface area contributed by atoms with E-state index in [1.807, 2.05) is 0 Å². The van der Waals surface area contributed by atoms with E-state index in [4.69, 9.17) is 21.4 Å². The van der Waals surface area contributed by atoms with Crippen LogP contribution in [-0.2, 0) is 9.59 Å². The van der Waals surface area contributed by atoms with Gasteiger partial charge in [0.15, 0.2) is 6.61 Å². The number of carboxylic acids is 1. The van der Waals surface area contributed by atoms with Gasteiger partial charge in [0.05, 0.1) is 10.6 Å². The van der Waals surface area contributed by atoms with Crippen LogP contribution >= 0.6 is 23.4 Å². The van der Waals surface area contributed by atoms with Gasteiger partial charge in [-0.15, -0.1) is 0 Å². The van der Waals surface area contributed by atoms with Gasteiger partial charge in [-0.25, -0.2) is 9.69 Å². The van der Waals surface area contributed by atoms with Gasteiger partial charge in [-0.1, -0.05) is 29.8 Å². The number of anilines is 1. The second kappa shape index (κ2) is 7.63. The Labute approximate surface area is 158 Å². The number of carboxylic acid groups (broad SMARTS) is 1. The summed E-state index contributed by atoms with van der Waals surface area (Å²) >= 11 is 6.64. The third-order valence-electron chi connectivity index (χ3n) is 3.44. The Balaban J connectivity index is 1.89. The van der Waals surface area contributed by atoms with Crippen LogP contribution in [0.3, 0.4) is 0 Å². The quantitative estimate of drug-likeness (QED) is 0.777. The first-order valence-corrected chi connectivity index (χ1v) is 8.62. The SMILES string of the molecule is O=C(O)COc1ccccc1/C=C1\SC(=O)N(c2ccc(Cl)cc2)C1=O. The first-order chi connectivity index (χ1) is 12.5. The Morgan fingerprint density at radius 1 is 1.15 bits per heavy atom. The van der Waals surface area contributed by atoms with Gasteiger partial charge in [-0.2, -0.15) is 0 Å². The summed E-state index contributed by atoms with van der Waals surface area (Å²) in [7, 11) is 0. The molecule has 0 unspecified atom stereocenters. The van der Waals surface area contributed by atoms with Gasteiger partial charge in [-0.3, -0.25) is 9.59 Å². The van der Waals surface area contributed by atoms with E-state index in [9.17, 15) is 14.4 Å². The molecule has 0 spiro atoms. The van der Waals surface area contributed by atoms with Crippen molar-refractivity contribution < 1.29 is 24.2 Å². The van der Waals surface area contributed by atoms with Crippen molar-refractivity contribution in [3.05, 3.63) is 64.0 Å². The average molecular weight is 390 g/mol. The Bertz CT molecular complexity index is 910. The fourth-order valence-corrected chi connectivity index (χ4v) is 3.25. The van der Waals surface area contributed by atoms with Crippen LogP contribution in [0.2, 0.25) is 5.02 Å². The number of thioether (sulfide) groups is 1. The van der Waals surface area contributed by atoms with E-state index in [2.05, 4.69) is 0 Å². The molecular formula is C18H12ClNO5S. The lowest BCUT2D eigenvalue weighted by molar-refractivity contribution is -0.139. The van der Waals surface area contributed by atoms with Gasteiger partial charge in [0.1, 0.15) is 5.75 Å². The number of hydrogen-bond donors (Lipinski definition) is 1. The smallest absolute Gasteiger partial charge is 0.341 e. The highest BCUT2D eigenvalue weighted by Crippen LogP contribution is 2.37. The van der Waals surface area contributed by atoms with Crippen LogP contribution in [-0.4, -0.2) is 28.8 Å². The van der Waals surface area contributed by atoms with Gasteiger partial charge in [0, 0.05) is 10.6 Å². The summed E-state index contributed by atoms with van der Waals surface area (Å²) in [5.74, 6) is -1.26. The highest BCUT2D eigenvalue weighted by atomic mass is 35.5. The topological polar surface area (TPSA) is 83.9 Å². The molecule has 6 nitrogen and oxygen atoms in total. The first kappa shape index (κ1) is 18.0. The van der Waals surface area contributed by atoms with E-state index in [0.29, 0.717) is 22.0 Å². The molecule has 1 heterocycles. The third-order valence-corrected chi connectivity index (χ3v) is 4.56. The van der Waals surface area contributed by atoms with Crippen molar-refractivity contribution in [2.75, 3.05) is 11.5 Å². The summed E-state index contributed by atoms with van der Waals surface area (Å²) in [6.45, 7) is -0.503. The normalized spacial score (nSPS) is 15.6. The molecule has 132 valence electrons. The van der Waals surface area contributed by atoms with E-state index >= 15 is 0 Å². The summed E-state index contributed by atoms with van der Waals surface area (Å²) in [5, 5.41) is 8.82. The van der Waals surface area contributed by atoms with E-state index in [0.717, 1.165) is 16.7 Å². The fourth-order valence-electron chi connectivity index (χ4n) is 2.29. The Hall–Kier alpha value is -2.77. The third kappa shape index (κ3) is 3.89. The predicted molar refractivity (Wildman–Crippen MR) is 99.5 cm³/mol. The van der Waals surface area contributed by atoms with Crippen molar-refractivity contribution in [2.24, 2.45) is 0 Å². The summed E-state index contributed by atoms with van der Waals surface area (Å²) in [6, 6.07) is 13.1. The number of carbonyl (C=O) groups is 3. The molecule has 0 atom stereocenters. The van der Waals surface area contributed by atoms with Crippen LogP contribution in [0, 0.1) is 0 Å². The monoisotopic (exact) mass is 389 g/mol. The Kier molecular flexibility index (Phi) is 5.29. The summed E-state index contributed by atoms with van der Waals surface area (Å²) < 4.78 is 5.22. The second-order valence-electron chi connectivity index (χ2n) is 5.21. The van der Waals surface area contributed by atoms with Crippen LogP contribution < -0.4 is 9.64 Å². The Morgan fingerprint density at radius 2 is 1.85 bits per heavy atom. The molecule has 0 aromatic heterocycles. The van der Waals surface area contributed by atoms with Gasteiger partial charge in [0.2, 0.25) is 0 Å². The molecule has 1 fully saturated rings. The van der Waals surface area contributed by atoms with Crippen molar-refractivity contribution in [1.82, 2.24) is 0 Å². The molecule has 3 rings (SSSR count). The van der Waals surface area contributed by atoms with E-state index in [1.54, 1.807) is 48.5 Å². The maximum atomic E-state index is 12.6. The van der Waals surface area contributed by atoms with Crippen molar-refractivity contribution in [3.8, 4) is 5.75 Å². The lowest BCUT2D eigenvalue weighted by Gasteiger charge is -2.12. The van der Waals surface area contributed by atoms with Crippen LogP contribution in [0.5, 0.6) is 5.75 Å². The lowest BCUT2D eigenvalue weighted by Crippen LogP contribution is -2.27. The molecule has 0 saturated carbocycles. The van der Waals surface area contributed by atoms with Crippen LogP contribution in [0.25, 0.3) is 6.08 Å². The highest BCUT2D eigenvalue weighted by Gasteiger charge is 2.36. The number of imide groups is 1. The number of rotatable bonds is 5. The van der Waals surface area contributed by atoms with Crippen LogP contribution in [0.15, 0.2) is 53.4 Å². The van der Waals surface area contributed by atoms with Gasteiger partial charge in [0.25, 0.3) is 11.1 Å². The minimum Gasteiger partial charge on any atom is -0.481 e. The molecule has 1 aliphatic rings. The van der Waals surface area contributed by atoms with E-state index in [-0.39, 0.29) is 4.91 Å². The maximum absolute atomic E-state index is 12.6. The maximum Gasteiger partial charge on any atom is 0.341 e. The minimum atomic E-state index is -1.11. The number of aliphatic carboxylic acids is 1. The molecule has 0 aliphatic carbocycles. The fraction of sp³-hybridized carbons (Fsp3) is 0.0556. The molecule has 1 aliphatic heterocycles. The van der Waals surface area contributed by atoms with Gasteiger partial charge < -0.3 is 9.84 Å². The molecule has 0 bridgehead atoms. The van der Waals surface area contributed by atoms with Crippen LogP contribution in [0.4, 0.5) is 10.5 Å². The number of amides is 2. The molecular weight excluding hydrogens is 378 g/mol. The number of nitrogens with zero attached hydrogens (tertiary/aromatic N) is 1. The molecule has 1 N–H and O–H groups in total. The lowest BCUT2D eigenvalue weighted by atomic mass is 10.2. The zero-order valence-electron chi connectivity index (χ0n) is 13.2. The first-order valence-electron chi connectivity index (χ1n) is 7.43. The van der Waals surface area contributed by atoms with Gasteiger partial charge in [-0.05, 0) is 48.2 Å². The zero-order valence-corrected chi connectivity index (χ0v) is 14.8. The molecule has 2 aromatic rings. The molecule has 2 aromatic carbocycles. The molecule has 2 amide bonds. The summed E-state index contributed by atoms with van der Waals surface area (Å²) in [4.78, 5) is 36.9. The zero-order chi connectivity index (χ0) is 18.7. The Morgan fingerprint density at radius 3 is 2.54 bits per heavy atom. The number of carbonyl (C=O) groups excluding carboxylic acids is 2.